The minimum Gasteiger partial charge on any atom is -0.497 e. The number of nitrogen functional groups attached to an aromatic ring is 1. The Balaban J connectivity index is 1.44. The number of nitrogens with one attached hydrogen (secondary N) is 1. The van der Waals surface area contributed by atoms with Crippen LogP contribution in [0.5, 0.6) is 5.75 Å². The maximum Gasteiger partial charge on any atom is 0.275 e. The summed E-state index contributed by atoms with van der Waals surface area (Å²) in [5.41, 5.74) is 9.85. The van der Waals surface area contributed by atoms with Crippen molar-refractivity contribution in [3.63, 3.8) is 0 Å². The molecule has 9 nitrogen and oxygen atoms in total. The van der Waals surface area contributed by atoms with Gasteiger partial charge in [-0.25, -0.2) is 9.67 Å². The van der Waals surface area contributed by atoms with Crippen LogP contribution in [-0.4, -0.2) is 33.0 Å². The monoisotopic (exact) mass is 432 g/mol. The molecule has 9 heteroatoms. The van der Waals surface area contributed by atoms with E-state index in [1.54, 1.807) is 7.11 Å². The summed E-state index contributed by atoms with van der Waals surface area (Å²) < 4.78 is 12.4. The first-order chi connectivity index (χ1) is 15.4. The molecule has 2 aromatic heterocycles. The Kier molecular flexibility index (Phi) is 5.89. The second kappa shape index (κ2) is 8.93. The van der Waals surface area contributed by atoms with Crippen molar-refractivity contribution in [1.29, 1.82) is 0 Å². The number of oxazole rings is 1. The van der Waals surface area contributed by atoms with Gasteiger partial charge in [-0.05, 0) is 43.7 Å². The van der Waals surface area contributed by atoms with E-state index in [4.69, 9.17) is 14.9 Å². The molecule has 0 saturated heterocycles. The van der Waals surface area contributed by atoms with E-state index < -0.39 is 5.91 Å². The standard InChI is InChI=1S/C23H24N6O3/c1-14-4-8-17(9-5-14)23-26-19(15(2)32-23)13-29-21(24)20(27-28-29)22(30)25-12-16-6-10-18(31-3)11-7-16/h4-11H,12-13,24H2,1-3H3,(H,25,30). The number of rotatable bonds is 7. The number of benzene rings is 2. The van der Waals surface area contributed by atoms with Gasteiger partial charge in [0.05, 0.1) is 13.7 Å². The molecule has 0 spiro atoms. The number of carbonyl (C=O) groups is 1. The molecule has 0 radical (unpaired) electrons. The predicted octanol–water partition coefficient (Wildman–Crippen LogP) is 3.12. The third kappa shape index (κ3) is 4.46. The number of amides is 1. The molecule has 4 aromatic rings. The predicted molar refractivity (Wildman–Crippen MR) is 119 cm³/mol. The average Bonchev–Trinajstić information content (AvgIpc) is 3.35. The van der Waals surface area contributed by atoms with Crippen molar-refractivity contribution in [2.24, 2.45) is 0 Å². The molecule has 0 saturated carbocycles. The van der Waals surface area contributed by atoms with Crippen molar-refractivity contribution in [2.75, 3.05) is 12.8 Å². The van der Waals surface area contributed by atoms with Crippen LogP contribution in [0.2, 0.25) is 0 Å². The van der Waals surface area contributed by atoms with E-state index in [0.29, 0.717) is 23.9 Å². The Morgan fingerprint density at radius 1 is 1.12 bits per heavy atom. The van der Waals surface area contributed by atoms with Gasteiger partial charge in [-0.3, -0.25) is 4.79 Å². The zero-order chi connectivity index (χ0) is 22.7. The van der Waals surface area contributed by atoms with Crippen LogP contribution < -0.4 is 15.8 Å². The smallest absolute Gasteiger partial charge is 0.275 e. The second-order valence-corrected chi connectivity index (χ2v) is 7.40. The average molecular weight is 432 g/mol. The number of nitrogens with zero attached hydrogens (tertiary/aromatic N) is 4. The number of hydrogen-bond acceptors (Lipinski definition) is 7. The lowest BCUT2D eigenvalue weighted by molar-refractivity contribution is 0.0946. The van der Waals surface area contributed by atoms with Crippen molar-refractivity contribution in [3.05, 3.63) is 76.8 Å². The zero-order valence-corrected chi connectivity index (χ0v) is 18.1. The number of ether oxygens (including phenoxy) is 1. The quantitative estimate of drug-likeness (QED) is 0.460. The summed E-state index contributed by atoms with van der Waals surface area (Å²) in [6.07, 6.45) is 0. The van der Waals surface area contributed by atoms with Gasteiger partial charge in [-0.1, -0.05) is 35.0 Å². The molecule has 0 fully saturated rings. The Labute approximate surface area is 185 Å². The highest BCUT2D eigenvalue weighted by Gasteiger charge is 2.20. The number of aromatic nitrogens is 4. The first-order valence-corrected chi connectivity index (χ1v) is 10.1. The highest BCUT2D eigenvalue weighted by molar-refractivity contribution is 5.96. The molecular formula is C23H24N6O3. The van der Waals surface area contributed by atoms with Crippen LogP contribution in [0.1, 0.15) is 33.1 Å². The van der Waals surface area contributed by atoms with E-state index in [2.05, 4.69) is 20.6 Å². The SMILES string of the molecule is COc1ccc(CNC(=O)c2nnn(Cc3nc(-c4ccc(C)cc4)oc3C)c2N)cc1. The summed E-state index contributed by atoms with van der Waals surface area (Å²) in [5, 5.41) is 10.8. The maximum atomic E-state index is 12.5. The van der Waals surface area contributed by atoms with Gasteiger partial charge in [0.1, 0.15) is 17.2 Å². The first kappa shape index (κ1) is 21.1. The van der Waals surface area contributed by atoms with Crippen molar-refractivity contribution in [2.45, 2.75) is 26.9 Å². The van der Waals surface area contributed by atoms with Crippen LogP contribution in [0.25, 0.3) is 11.5 Å². The fourth-order valence-corrected chi connectivity index (χ4v) is 3.14. The van der Waals surface area contributed by atoms with Crippen molar-refractivity contribution in [3.8, 4) is 17.2 Å². The molecule has 0 aliphatic carbocycles. The molecule has 2 aromatic carbocycles. The van der Waals surface area contributed by atoms with Gasteiger partial charge in [-0.15, -0.1) is 5.10 Å². The summed E-state index contributed by atoms with van der Waals surface area (Å²) in [4.78, 5) is 17.1. The van der Waals surface area contributed by atoms with E-state index in [-0.39, 0.29) is 18.1 Å². The number of hydrogen-bond donors (Lipinski definition) is 2. The van der Waals surface area contributed by atoms with Crippen LogP contribution in [0, 0.1) is 13.8 Å². The van der Waals surface area contributed by atoms with E-state index in [0.717, 1.165) is 22.4 Å². The second-order valence-electron chi connectivity index (χ2n) is 7.40. The van der Waals surface area contributed by atoms with Gasteiger partial charge in [0.15, 0.2) is 11.5 Å². The molecular weight excluding hydrogens is 408 g/mol. The number of methoxy groups -OCH3 is 1. The lowest BCUT2D eigenvalue weighted by Gasteiger charge is -2.06. The normalized spacial score (nSPS) is 10.8. The highest BCUT2D eigenvalue weighted by Crippen LogP contribution is 2.23. The Hall–Kier alpha value is -4.14. The summed E-state index contributed by atoms with van der Waals surface area (Å²) in [5.74, 6) is 1.69. The minimum absolute atomic E-state index is 0.0680. The Morgan fingerprint density at radius 2 is 1.84 bits per heavy atom. The van der Waals surface area contributed by atoms with Gasteiger partial charge in [0, 0.05) is 12.1 Å². The molecule has 32 heavy (non-hydrogen) atoms. The lowest BCUT2D eigenvalue weighted by Crippen LogP contribution is -2.24. The molecule has 4 rings (SSSR count). The van der Waals surface area contributed by atoms with Crippen LogP contribution >= 0.6 is 0 Å². The molecule has 2 heterocycles. The molecule has 0 atom stereocenters. The van der Waals surface area contributed by atoms with Gasteiger partial charge in [-0.2, -0.15) is 0 Å². The minimum atomic E-state index is -0.401. The molecule has 0 aliphatic heterocycles. The molecule has 164 valence electrons. The summed E-state index contributed by atoms with van der Waals surface area (Å²) in [6, 6.07) is 15.3. The van der Waals surface area contributed by atoms with Crippen molar-refractivity contribution < 1.29 is 13.9 Å². The summed E-state index contributed by atoms with van der Waals surface area (Å²) in [6.45, 7) is 4.42. The van der Waals surface area contributed by atoms with Gasteiger partial charge in [0.25, 0.3) is 5.91 Å². The van der Waals surface area contributed by atoms with E-state index in [9.17, 15) is 4.79 Å². The van der Waals surface area contributed by atoms with E-state index in [1.165, 1.54) is 4.68 Å². The number of aryl methyl sites for hydroxylation is 2. The third-order valence-electron chi connectivity index (χ3n) is 5.09. The van der Waals surface area contributed by atoms with Crippen LogP contribution in [0.3, 0.4) is 0 Å². The van der Waals surface area contributed by atoms with Gasteiger partial charge in [0.2, 0.25) is 5.89 Å². The van der Waals surface area contributed by atoms with Crippen molar-refractivity contribution >= 4 is 11.7 Å². The largest absolute Gasteiger partial charge is 0.497 e. The van der Waals surface area contributed by atoms with Crippen LogP contribution in [-0.2, 0) is 13.1 Å². The topological polar surface area (TPSA) is 121 Å². The summed E-state index contributed by atoms with van der Waals surface area (Å²) >= 11 is 0. The molecule has 0 bridgehead atoms. The fraction of sp³-hybridized carbons (Fsp3) is 0.217. The maximum absolute atomic E-state index is 12.5. The van der Waals surface area contributed by atoms with Crippen LogP contribution in [0.4, 0.5) is 5.82 Å². The third-order valence-corrected chi connectivity index (χ3v) is 5.09. The van der Waals surface area contributed by atoms with Gasteiger partial charge < -0.3 is 20.2 Å². The van der Waals surface area contributed by atoms with Gasteiger partial charge >= 0.3 is 0 Å². The number of anilines is 1. The zero-order valence-electron chi connectivity index (χ0n) is 18.1. The lowest BCUT2D eigenvalue weighted by atomic mass is 10.1. The highest BCUT2D eigenvalue weighted by atomic mass is 16.5. The Bertz CT molecular complexity index is 1230. The van der Waals surface area contributed by atoms with Crippen LogP contribution in [0.15, 0.2) is 52.9 Å². The van der Waals surface area contributed by atoms with E-state index in [1.807, 2.05) is 62.4 Å². The molecule has 0 unspecified atom stereocenters. The number of nitrogens with two attached hydrogens (primary N) is 1. The van der Waals surface area contributed by atoms with E-state index >= 15 is 0 Å². The molecule has 3 N–H and O–H groups in total. The molecule has 0 aliphatic rings. The summed E-state index contributed by atoms with van der Waals surface area (Å²) in [7, 11) is 1.60. The molecule has 1 amide bonds. The Morgan fingerprint density at radius 3 is 2.53 bits per heavy atom. The van der Waals surface area contributed by atoms with Crippen molar-refractivity contribution in [1.82, 2.24) is 25.3 Å². The first-order valence-electron chi connectivity index (χ1n) is 10.1. The fourth-order valence-electron chi connectivity index (χ4n) is 3.14. The number of carbonyl (C=O) groups excluding carboxylic acids is 1.